The Bertz CT molecular complexity index is 956. The third-order valence-corrected chi connectivity index (χ3v) is 5.93. The Labute approximate surface area is 160 Å². The van der Waals surface area contributed by atoms with Gasteiger partial charge in [-0.25, -0.2) is 8.42 Å². The van der Waals surface area contributed by atoms with Crippen molar-refractivity contribution < 1.29 is 17.9 Å². The number of ether oxygens (including phenoxy) is 1. The van der Waals surface area contributed by atoms with Gasteiger partial charge in [0.05, 0.1) is 17.6 Å². The molecule has 0 aliphatic carbocycles. The maximum atomic E-state index is 12.9. The monoisotopic (exact) mass is 388 g/mol. The van der Waals surface area contributed by atoms with Crippen LogP contribution in [0.3, 0.4) is 0 Å². The maximum absolute atomic E-state index is 12.9. The van der Waals surface area contributed by atoms with Crippen LogP contribution >= 0.6 is 0 Å². The van der Waals surface area contributed by atoms with Crippen molar-refractivity contribution in [3.8, 4) is 0 Å². The van der Waals surface area contributed by atoms with Crippen LogP contribution in [0.15, 0.2) is 47.4 Å². The maximum Gasteiger partial charge on any atom is 0.261 e. The molecular weight excluding hydrogens is 364 g/mol. The fourth-order valence-corrected chi connectivity index (χ4v) is 4.17. The predicted molar refractivity (Wildman–Crippen MR) is 104 cm³/mol. The van der Waals surface area contributed by atoms with Crippen LogP contribution in [0.1, 0.15) is 28.4 Å². The normalized spacial score (nSPS) is 17.6. The molecule has 1 heterocycles. The van der Waals surface area contributed by atoms with E-state index in [0.29, 0.717) is 30.9 Å². The summed E-state index contributed by atoms with van der Waals surface area (Å²) in [4.78, 5) is 14.7. The lowest BCUT2D eigenvalue weighted by molar-refractivity contribution is -0.0124. The summed E-state index contributed by atoms with van der Waals surface area (Å²) < 4.78 is 33.6. The summed E-state index contributed by atoms with van der Waals surface area (Å²) in [6.07, 6.45) is -0.0297. The number of nitrogens with zero attached hydrogens (tertiary/aromatic N) is 1. The first-order valence-corrected chi connectivity index (χ1v) is 10.4. The lowest BCUT2D eigenvalue weighted by Crippen LogP contribution is -2.44. The molecule has 0 saturated carbocycles. The molecule has 7 heteroatoms. The van der Waals surface area contributed by atoms with E-state index in [1.807, 2.05) is 26.8 Å². The minimum atomic E-state index is -3.79. The molecule has 1 aliphatic rings. The van der Waals surface area contributed by atoms with Gasteiger partial charge in [0.25, 0.3) is 15.9 Å². The second kappa shape index (κ2) is 7.70. The summed E-state index contributed by atoms with van der Waals surface area (Å²) in [7, 11) is -3.79. The van der Waals surface area contributed by atoms with Gasteiger partial charge in [-0.15, -0.1) is 0 Å². The van der Waals surface area contributed by atoms with Gasteiger partial charge in [-0.05, 0) is 56.2 Å². The molecule has 2 aromatic carbocycles. The lowest BCUT2D eigenvalue weighted by atomic mass is 10.1. The first-order chi connectivity index (χ1) is 12.8. The van der Waals surface area contributed by atoms with Gasteiger partial charge in [0.2, 0.25) is 0 Å². The highest BCUT2D eigenvalue weighted by Gasteiger charge is 2.25. The first kappa shape index (κ1) is 19.4. The zero-order valence-electron chi connectivity index (χ0n) is 15.7. The van der Waals surface area contributed by atoms with E-state index in [9.17, 15) is 13.2 Å². The van der Waals surface area contributed by atoms with E-state index in [1.54, 1.807) is 29.2 Å². The highest BCUT2D eigenvalue weighted by Crippen LogP contribution is 2.21. The molecule has 0 spiro atoms. The molecule has 0 aromatic heterocycles. The Morgan fingerprint density at radius 1 is 1.19 bits per heavy atom. The molecule has 2 aromatic rings. The largest absolute Gasteiger partial charge is 0.375 e. The number of carbonyl (C=O) groups is 1. The molecule has 6 nitrogen and oxygen atoms in total. The van der Waals surface area contributed by atoms with Crippen molar-refractivity contribution in [2.75, 3.05) is 24.4 Å². The molecule has 1 aliphatic heterocycles. The number of nitrogens with one attached hydrogen (secondary N) is 1. The summed E-state index contributed by atoms with van der Waals surface area (Å²) in [6, 6.07) is 11.8. The molecule has 0 radical (unpaired) electrons. The second-order valence-electron chi connectivity index (χ2n) is 6.88. The number of morpholine rings is 1. The van der Waals surface area contributed by atoms with Crippen LogP contribution in [0.25, 0.3) is 0 Å². The van der Waals surface area contributed by atoms with Gasteiger partial charge in [0.1, 0.15) is 0 Å². The molecule has 1 amide bonds. The number of anilines is 1. The quantitative estimate of drug-likeness (QED) is 0.874. The highest BCUT2D eigenvalue weighted by atomic mass is 32.2. The number of aryl methyl sites for hydroxylation is 2. The first-order valence-electron chi connectivity index (χ1n) is 8.87. The highest BCUT2D eigenvalue weighted by molar-refractivity contribution is 7.92. The van der Waals surface area contributed by atoms with Gasteiger partial charge in [-0.2, -0.15) is 0 Å². The number of hydrogen-bond donors (Lipinski definition) is 1. The van der Waals surface area contributed by atoms with Gasteiger partial charge in [-0.1, -0.05) is 18.2 Å². The smallest absolute Gasteiger partial charge is 0.261 e. The molecule has 3 rings (SSSR count). The Balaban J connectivity index is 1.89. The third kappa shape index (κ3) is 4.48. The lowest BCUT2D eigenvalue weighted by Gasteiger charge is -2.31. The fraction of sp³-hybridized carbons (Fsp3) is 0.350. The zero-order valence-corrected chi connectivity index (χ0v) is 16.5. The summed E-state index contributed by atoms with van der Waals surface area (Å²) in [5.74, 6) is -0.171. The van der Waals surface area contributed by atoms with Crippen LogP contribution < -0.4 is 4.72 Å². The number of amides is 1. The molecule has 27 heavy (non-hydrogen) atoms. The third-order valence-electron chi connectivity index (χ3n) is 4.55. The number of sulfonamides is 1. The number of benzene rings is 2. The Morgan fingerprint density at radius 3 is 2.67 bits per heavy atom. The minimum Gasteiger partial charge on any atom is -0.375 e. The van der Waals surface area contributed by atoms with Crippen molar-refractivity contribution in [1.82, 2.24) is 4.90 Å². The van der Waals surface area contributed by atoms with E-state index in [2.05, 4.69) is 4.72 Å². The summed E-state index contributed by atoms with van der Waals surface area (Å²) in [6.45, 7) is 7.10. The minimum absolute atomic E-state index is 0.0297. The van der Waals surface area contributed by atoms with Crippen LogP contribution in [0.2, 0.25) is 0 Å². The second-order valence-corrected chi connectivity index (χ2v) is 8.57. The van der Waals surface area contributed by atoms with Gasteiger partial charge in [0.15, 0.2) is 0 Å². The number of rotatable bonds is 4. The van der Waals surface area contributed by atoms with Gasteiger partial charge >= 0.3 is 0 Å². The molecule has 1 N–H and O–H groups in total. The Morgan fingerprint density at radius 2 is 1.96 bits per heavy atom. The number of hydrogen-bond acceptors (Lipinski definition) is 4. The molecule has 144 valence electrons. The van der Waals surface area contributed by atoms with Crippen molar-refractivity contribution in [3.63, 3.8) is 0 Å². The number of carbonyl (C=O) groups excluding carboxylic acids is 1. The molecule has 1 atom stereocenters. The van der Waals surface area contributed by atoms with Crippen LogP contribution in [0.5, 0.6) is 0 Å². The average molecular weight is 388 g/mol. The van der Waals surface area contributed by atoms with Gasteiger partial charge in [0, 0.05) is 24.3 Å². The SMILES string of the molecule is Cc1cccc(NS(=O)(=O)c2ccc(C)c(C(=O)N3CCOC(C)C3)c2)c1. The van der Waals surface area contributed by atoms with Crippen molar-refractivity contribution >= 4 is 21.6 Å². The van der Waals surface area contributed by atoms with Gasteiger partial charge < -0.3 is 9.64 Å². The zero-order chi connectivity index (χ0) is 19.6. The Hall–Kier alpha value is -2.38. The molecular formula is C20H24N2O4S. The van der Waals surface area contributed by atoms with E-state index in [1.165, 1.54) is 12.1 Å². The Kier molecular flexibility index (Phi) is 5.53. The fourth-order valence-electron chi connectivity index (χ4n) is 3.09. The average Bonchev–Trinajstić information content (AvgIpc) is 2.61. The predicted octanol–water partition coefficient (Wildman–Crippen LogP) is 2.97. The summed E-state index contributed by atoms with van der Waals surface area (Å²) in [5, 5.41) is 0. The van der Waals surface area contributed by atoms with Crippen LogP contribution in [0.4, 0.5) is 5.69 Å². The standard InChI is InChI=1S/C20H24N2O4S/c1-14-5-4-6-17(11-14)21-27(24,25)18-8-7-15(2)19(12-18)20(23)22-9-10-26-16(3)13-22/h4-8,11-12,16,21H,9-10,13H2,1-3H3. The van der Waals surface area contributed by atoms with Crippen LogP contribution in [-0.4, -0.2) is 45.0 Å². The molecule has 0 bridgehead atoms. The van der Waals surface area contributed by atoms with Crippen molar-refractivity contribution in [2.45, 2.75) is 31.8 Å². The molecule has 1 saturated heterocycles. The van der Waals surface area contributed by atoms with E-state index >= 15 is 0 Å². The van der Waals surface area contributed by atoms with E-state index in [-0.39, 0.29) is 16.9 Å². The van der Waals surface area contributed by atoms with E-state index < -0.39 is 10.0 Å². The topological polar surface area (TPSA) is 75.7 Å². The van der Waals surface area contributed by atoms with E-state index in [0.717, 1.165) is 11.1 Å². The van der Waals surface area contributed by atoms with Gasteiger partial charge in [-0.3, -0.25) is 9.52 Å². The van der Waals surface area contributed by atoms with Crippen molar-refractivity contribution in [3.05, 3.63) is 59.2 Å². The summed E-state index contributed by atoms with van der Waals surface area (Å²) >= 11 is 0. The van der Waals surface area contributed by atoms with Crippen LogP contribution in [-0.2, 0) is 14.8 Å². The van der Waals surface area contributed by atoms with Crippen molar-refractivity contribution in [2.24, 2.45) is 0 Å². The van der Waals surface area contributed by atoms with E-state index in [4.69, 9.17) is 4.74 Å². The molecule has 1 fully saturated rings. The summed E-state index contributed by atoms with van der Waals surface area (Å²) in [5.41, 5.74) is 2.59. The molecule has 1 unspecified atom stereocenters. The van der Waals surface area contributed by atoms with Crippen molar-refractivity contribution in [1.29, 1.82) is 0 Å². The van der Waals surface area contributed by atoms with Crippen LogP contribution in [0, 0.1) is 13.8 Å².